The molecule has 0 aliphatic rings. The van der Waals surface area contributed by atoms with Crippen molar-refractivity contribution in [1.29, 1.82) is 0 Å². The van der Waals surface area contributed by atoms with E-state index < -0.39 is 8.07 Å². The molecule has 0 aliphatic heterocycles. The fourth-order valence-electron chi connectivity index (χ4n) is 2.37. The third-order valence-electron chi connectivity index (χ3n) is 3.21. The van der Waals surface area contributed by atoms with Crippen LogP contribution in [0.1, 0.15) is 40.0 Å². The van der Waals surface area contributed by atoms with Crippen LogP contribution in [0.25, 0.3) is 0 Å². The van der Waals surface area contributed by atoms with E-state index in [-0.39, 0.29) is 5.97 Å². The van der Waals surface area contributed by atoms with Crippen LogP contribution >= 0.6 is 0 Å². The zero-order valence-corrected chi connectivity index (χ0v) is 13.0. The second-order valence-electron chi connectivity index (χ2n) is 5.33. The van der Waals surface area contributed by atoms with Gasteiger partial charge in [0.25, 0.3) is 0 Å². The minimum atomic E-state index is -1.06. The molecule has 0 radical (unpaired) electrons. The summed E-state index contributed by atoms with van der Waals surface area (Å²) in [6, 6.07) is 4.07. The van der Waals surface area contributed by atoms with Crippen molar-refractivity contribution in [2.45, 2.75) is 64.7 Å². The molecule has 0 bridgehead atoms. The predicted molar refractivity (Wildman–Crippen MR) is 77.0 cm³/mol. The third kappa shape index (κ3) is 7.37. The first kappa shape index (κ1) is 16.4. The highest BCUT2D eigenvalue weighted by Gasteiger charge is 2.24. The van der Waals surface area contributed by atoms with Crippen LogP contribution in [0.3, 0.4) is 0 Å². The van der Waals surface area contributed by atoms with Crippen molar-refractivity contribution in [3.63, 3.8) is 0 Å². The van der Waals surface area contributed by atoms with Crippen LogP contribution in [-0.2, 0) is 9.53 Å². The maximum absolute atomic E-state index is 11.2. The lowest BCUT2D eigenvalue weighted by atomic mass is 10.4. The number of carbonyl (C=O) groups is 1. The van der Waals surface area contributed by atoms with Gasteiger partial charge in [0.1, 0.15) is 0 Å². The average molecular weight is 256 g/mol. The summed E-state index contributed by atoms with van der Waals surface area (Å²) in [6.07, 6.45) is 3.59. The zero-order chi connectivity index (χ0) is 13.3. The standard InChI is InChI=1S/C14H28O2Si/c1-6-10-17(5,11-7-2)12-8-9-16-14(15)13(3)4/h3,6-12H2,1-2,4-5H3. The van der Waals surface area contributed by atoms with Gasteiger partial charge in [-0.1, -0.05) is 57.9 Å². The van der Waals surface area contributed by atoms with Crippen molar-refractivity contribution >= 4 is 14.0 Å². The van der Waals surface area contributed by atoms with E-state index in [4.69, 9.17) is 4.74 Å². The molecular formula is C14H28O2Si. The Morgan fingerprint density at radius 3 is 2.12 bits per heavy atom. The molecule has 0 aliphatic carbocycles. The molecule has 0 spiro atoms. The number of ether oxygens (including phenoxy) is 1. The topological polar surface area (TPSA) is 26.3 Å². The normalized spacial score (nSPS) is 11.3. The van der Waals surface area contributed by atoms with E-state index in [2.05, 4.69) is 27.0 Å². The summed E-state index contributed by atoms with van der Waals surface area (Å²) < 4.78 is 5.14. The van der Waals surface area contributed by atoms with Gasteiger partial charge in [0, 0.05) is 5.57 Å². The molecule has 0 saturated heterocycles. The van der Waals surface area contributed by atoms with Gasteiger partial charge < -0.3 is 4.74 Å². The van der Waals surface area contributed by atoms with Crippen molar-refractivity contribution in [2.75, 3.05) is 6.61 Å². The molecule has 100 valence electrons. The Morgan fingerprint density at radius 2 is 1.71 bits per heavy atom. The molecule has 0 amide bonds. The van der Waals surface area contributed by atoms with E-state index in [0.29, 0.717) is 12.2 Å². The minimum absolute atomic E-state index is 0.251. The largest absolute Gasteiger partial charge is 0.462 e. The highest BCUT2D eigenvalue weighted by molar-refractivity contribution is 6.78. The first-order chi connectivity index (χ1) is 7.95. The maximum atomic E-state index is 11.2. The third-order valence-corrected chi connectivity index (χ3v) is 8.19. The van der Waals surface area contributed by atoms with Crippen LogP contribution < -0.4 is 0 Å². The Morgan fingerprint density at radius 1 is 1.18 bits per heavy atom. The first-order valence-corrected chi connectivity index (χ1v) is 9.90. The van der Waals surface area contributed by atoms with Gasteiger partial charge in [-0.05, 0) is 13.3 Å². The van der Waals surface area contributed by atoms with Crippen LogP contribution in [0, 0.1) is 0 Å². The summed E-state index contributed by atoms with van der Waals surface area (Å²) >= 11 is 0. The number of carbonyl (C=O) groups excluding carboxylic acids is 1. The van der Waals surface area contributed by atoms with Crippen LogP contribution in [0.15, 0.2) is 12.2 Å². The summed E-state index contributed by atoms with van der Waals surface area (Å²) in [7, 11) is -1.06. The summed E-state index contributed by atoms with van der Waals surface area (Å²) in [5.41, 5.74) is 0.493. The van der Waals surface area contributed by atoms with Crippen LogP contribution in [0.2, 0.25) is 24.7 Å². The van der Waals surface area contributed by atoms with Crippen molar-refractivity contribution in [1.82, 2.24) is 0 Å². The van der Waals surface area contributed by atoms with Gasteiger partial charge in [-0.15, -0.1) is 0 Å². The molecule has 0 rings (SSSR count). The van der Waals surface area contributed by atoms with Gasteiger partial charge in [0.2, 0.25) is 0 Å². The van der Waals surface area contributed by atoms with E-state index in [1.54, 1.807) is 6.92 Å². The molecule has 0 fully saturated rings. The second kappa shape index (κ2) is 8.51. The van der Waals surface area contributed by atoms with E-state index in [1.165, 1.54) is 31.0 Å². The lowest BCUT2D eigenvalue weighted by Gasteiger charge is -2.26. The fraction of sp³-hybridized carbons (Fsp3) is 0.786. The smallest absolute Gasteiger partial charge is 0.333 e. The van der Waals surface area contributed by atoms with Gasteiger partial charge in [-0.3, -0.25) is 0 Å². The summed E-state index contributed by atoms with van der Waals surface area (Å²) in [5.74, 6) is -0.251. The quantitative estimate of drug-likeness (QED) is 0.265. The van der Waals surface area contributed by atoms with Gasteiger partial charge >= 0.3 is 5.97 Å². The maximum Gasteiger partial charge on any atom is 0.333 e. The van der Waals surface area contributed by atoms with Crippen molar-refractivity contribution in [2.24, 2.45) is 0 Å². The van der Waals surface area contributed by atoms with Crippen LogP contribution in [0.4, 0.5) is 0 Å². The molecule has 0 heterocycles. The average Bonchev–Trinajstić information content (AvgIpc) is 2.24. The Bertz CT molecular complexity index is 243. The zero-order valence-electron chi connectivity index (χ0n) is 12.0. The van der Waals surface area contributed by atoms with E-state index in [9.17, 15) is 4.79 Å². The van der Waals surface area contributed by atoms with E-state index in [0.717, 1.165) is 6.42 Å². The number of hydrogen-bond acceptors (Lipinski definition) is 2. The summed E-state index contributed by atoms with van der Waals surface area (Å²) in [6.45, 7) is 12.8. The highest BCUT2D eigenvalue weighted by atomic mass is 28.3. The van der Waals surface area contributed by atoms with Gasteiger partial charge in [-0.2, -0.15) is 0 Å². The first-order valence-electron chi connectivity index (χ1n) is 6.78. The molecule has 0 N–H and O–H groups in total. The predicted octanol–water partition coefficient (Wildman–Crippen LogP) is 4.39. The van der Waals surface area contributed by atoms with Crippen LogP contribution in [0.5, 0.6) is 0 Å². The molecular weight excluding hydrogens is 228 g/mol. The number of esters is 1. The van der Waals surface area contributed by atoms with Crippen molar-refractivity contribution in [3.05, 3.63) is 12.2 Å². The summed E-state index contributed by atoms with van der Waals surface area (Å²) in [4.78, 5) is 11.2. The van der Waals surface area contributed by atoms with Gasteiger partial charge in [0.05, 0.1) is 14.7 Å². The lowest BCUT2D eigenvalue weighted by Crippen LogP contribution is -2.29. The van der Waals surface area contributed by atoms with Gasteiger partial charge in [0.15, 0.2) is 0 Å². The molecule has 0 unspecified atom stereocenters. The number of hydrogen-bond donors (Lipinski definition) is 0. The molecule has 0 aromatic rings. The Labute approximate surface area is 107 Å². The second-order valence-corrected chi connectivity index (χ2v) is 10.5. The summed E-state index contributed by atoms with van der Waals surface area (Å²) in [5, 5.41) is 0. The fourth-order valence-corrected chi connectivity index (χ4v) is 6.53. The van der Waals surface area contributed by atoms with E-state index in [1.807, 2.05) is 0 Å². The monoisotopic (exact) mass is 256 g/mol. The molecule has 0 saturated carbocycles. The SMILES string of the molecule is C=C(C)C(=O)OCCC[Si](C)(CCC)CCC. The molecule has 0 atom stereocenters. The number of rotatable bonds is 9. The minimum Gasteiger partial charge on any atom is -0.462 e. The molecule has 0 aromatic carbocycles. The Hall–Kier alpha value is -0.573. The molecule has 2 nitrogen and oxygen atoms in total. The van der Waals surface area contributed by atoms with Crippen molar-refractivity contribution < 1.29 is 9.53 Å². The lowest BCUT2D eigenvalue weighted by molar-refractivity contribution is -0.138. The van der Waals surface area contributed by atoms with Gasteiger partial charge in [-0.25, -0.2) is 4.79 Å². The molecule has 3 heteroatoms. The van der Waals surface area contributed by atoms with E-state index >= 15 is 0 Å². The Kier molecular flexibility index (Phi) is 8.22. The Balaban J connectivity index is 3.90. The van der Waals surface area contributed by atoms with Crippen LogP contribution in [-0.4, -0.2) is 20.7 Å². The van der Waals surface area contributed by atoms with Crippen molar-refractivity contribution in [3.8, 4) is 0 Å². The molecule has 17 heavy (non-hydrogen) atoms. The molecule has 0 aromatic heterocycles. The highest BCUT2D eigenvalue weighted by Crippen LogP contribution is 2.25.